The molecular formula is C10H9F2NO3. The van der Waals surface area contributed by atoms with Gasteiger partial charge in [0.05, 0.1) is 19.2 Å². The molecule has 1 aromatic carbocycles. The fraction of sp³-hybridized carbons (Fsp3) is 0.300. The second kappa shape index (κ2) is 5.23. The number of phenols is 1. The molecule has 0 aliphatic heterocycles. The highest BCUT2D eigenvalue weighted by Crippen LogP contribution is 2.35. The maximum Gasteiger partial charge on any atom is 0.267 e. The lowest BCUT2D eigenvalue weighted by atomic mass is 10.1. The molecule has 0 heterocycles. The van der Waals surface area contributed by atoms with E-state index in [0.29, 0.717) is 0 Å². The van der Waals surface area contributed by atoms with Crippen molar-refractivity contribution in [3.05, 3.63) is 23.3 Å². The number of ether oxygens (including phenoxy) is 1. The molecule has 0 radical (unpaired) electrons. The molecule has 0 spiro atoms. The Labute approximate surface area is 90.2 Å². The first-order chi connectivity index (χ1) is 7.60. The highest BCUT2D eigenvalue weighted by atomic mass is 19.3. The highest BCUT2D eigenvalue weighted by molar-refractivity contribution is 5.47. The minimum atomic E-state index is -2.82. The van der Waals surface area contributed by atoms with Gasteiger partial charge in [0.15, 0.2) is 0 Å². The zero-order valence-electron chi connectivity index (χ0n) is 8.41. The van der Waals surface area contributed by atoms with Crippen molar-refractivity contribution in [1.82, 2.24) is 0 Å². The summed E-state index contributed by atoms with van der Waals surface area (Å²) in [6.45, 7) is -0.216. The number of hydrogen-bond acceptors (Lipinski definition) is 4. The van der Waals surface area contributed by atoms with Gasteiger partial charge in [-0.1, -0.05) is 0 Å². The first kappa shape index (κ1) is 12.1. The average molecular weight is 229 g/mol. The number of carbonyl (C=O) groups excluding carboxylic acids is 1. The van der Waals surface area contributed by atoms with Crippen molar-refractivity contribution >= 4 is 6.08 Å². The Morgan fingerprint density at radius 2 is 2.25 bits per heavy atom. The molecule has 0 aliphatic carbocycles. The molecule has 0 aromatic heterocycles. The zero-order valence-corrected chi connectivity index (χ0v) is 8.41. The van der Waals surface area contributed by atoms with E-state index in [4.69, 9.17) is 4.74 Å². The van der Waals surface area contributed by atoms with Crippen molar-refractivity contribution in [2.75, 3.05) is 7.11 Å². The minimum absolute atomic E-state index is 0.0954. The molecule has 0 bridgehead atoms. The SMILES string of the molecule is COc1cc(CN=C=O)c(O)c(C(F)F)c1. The van der Waals surface area contributed by atoms with Gasteiger partial charge >= 0.3 is 0 Å². The summed E-state index contributed by atoms with van der Waals surface area (Å²) in [5.41, 5.74) is -0.451. The quantitative estimate of drug-likeness (QED) is 0.635. The first-order valence-corrected chi connectivity index (χ1v) is 4.31. The van der Waals surface area contributed by atoms with E-state index < -0.39 is 17.7 Å². The van der Waals surface area contributed by atoms with Gasteiger partial charge < -0.3 is 9.84 Å². The maximum absolute atomic E-state index is 12.5. The van der Waals surface area contributed by atoms with E-state index >= 15 is 0 Å². The third-order valence-corrected chi connectivity index (χ3v) is 1.98. The van der Waals surface area contributed by atoms with E-state index in [-0.39, 0.29) is 17.9 Å². The molecule has 0 fully saturated rings. The molecule has 1 N–H and O–H groups in total. The van der Waals surface area contributed by atoms with Crippen LogP contribution in [0.4, 0.5) is 8.78 Å². The van der Waals surface area contributed by atoms with Crippen LogP contribution in [0.5, 0.6) is 11.5 Å². The number of halogens is 2. The smallest absolute Gasteiger partial charge is 0.267 e. The van der Waals surface area contributed by atoms with Gasteiger partial charge in [-0.25, -0.2) is 18.6 Å². The van der Waals surface area contributed by atoms with E-state index in [0.717, 1.165) is 6.07 Å². The summed E-state index contributed by atoms with van der Waals surface area (Å²) >= 11 is 0. The molecular weight excluding hydrogens is 220 g/mol. The van der Waals surface area contributed by atoms with Crippen molar-refractivity contribution in [2.45, 2.75) is 13.0 Å². The van der Waals surface area contributed by atoms with Crippen LogP contribution in [0.2, 0.25) is 0 Å². The monoisotopic (exact) mass is 229 g/mol. The molecule has 0 saturated heterocycles. The molecule has 0 saturated carbocycles. The van der Waals surface area contributed by atoms with Crippen LogP contribution in [-0.4, -0.2) is 18.3 Å². The lowest BCUT2D eigenvalue weighted by Gasteiger charge is -2.10. The third kappa shape index (κ3) is 2.55. The number of isocyanates is 1. The van der Waals surface area contributed by atoms with Gasteiger partial charge in [-0.05, 0) is 12.1 Å². The molecule has 0 aliphatic rings. The number of aliphatic imine (C=N–C) groups is 1. The zero-order chi connectivity index (χ0) is 12.1. The van der Waals surface area contributed by atoms with Crippen molar-refractivity contribution in [1.29, 1.82) is 0 Å². The van der Waals surface area contributed by atoms with E-state index in [1.165, 1.54) is 19.3 Å². The Morgan fingerprint density at radius 3 is 2.75 bits per heavy atom. The molecule has 0 unspecified atom stereocenters. The van der Waals surface area contributed by atoms with Crippen LogP contribution in [0, 0.1) is 0 Å². The van der Waals surface area contributed by atoms with Crippen molar-refractivity contribution in [3.63, 3.8) is 0 Å². The van der Waals surface area contributed by atoms with E-state index in [2.05, 4.69) is 4.99 Å². The van der Waals surface area contributed by atoms with Gasteiger partial charge in [0.25, 0.3) is 6.43 Å². The Hall–Kier alpha value is -1.94. The van der Waals surface area contributed by atoms with Crippen LogP contribution in [0.15, 0.2) is 17.1 Å². The predicted octanol–water partition coefficient (Wildman–Crippen LogP) is 2.17. The number of hydrogen-bond donors (Lipinski definition) is 1. The summed E-state index contributed by atoms with van der Waals surface area (Å²) in [6, 6.07) is 2.37. The number of aromatic hydroxyl groups is 1. The summed E-state index contributed by atoms with van der Waals surface area (Å²) in [4.78, 5) is 13.1. The fourth-order valence-electron chi connectivity index (χ4n) is 1.21. The van der Waals surface area contributed by atoms with Gasteiger partial charge in [0, 0.05) is 5.56 Å². The first-order valence-electron chi connectivity index (χ1n) is 4.31. The number of nitrogens with zero attached hydrogens (tertiary/aromatic N) is 1. The number of methoxy groups -OCH3 is 1. The lowest BCUT2D eigenvalue weighted by Crippen LogP contribution is -1.94. The van der Waals surface area contributed by atoms with Gasteiger partial charge in [0.2, 0.25) is 6.08 Å². The third-order valence-electron chi connectivity index (χ3n) is 1.98. The van der Waals surface area contributed by atoms with Gasteiger partial charge in [-0.2, -0.15) is 0 Å². The molecule has 0 atom stereocenters. The standard InChI is InChI=1S/C10H9F2NO3/c1-16-7-2-6(4-13-5-14)9(15)8(3-7)10(11)12/h2-3,10,15H,4H2,1H3. The minimum Gasteiger partial charge on any atom is -0.507 e. The number of alkyl halides is 2. The van der Waals surface area contributed by atoms with Crippen LogP contribution < -0.4 is 4.74 Å². The topological polar surface area (TPSA) is 58.9 Å². The number of rotatable bonds is 4. The second-order valence-corrected chi connectivity index (χ2v) is 2.93. The summed E-state index contributed by atoms with van der Waals surface area (Å²) in [6.07, 6.45) is -1.56. The Kier molecular flexibility index (Phi) is 3.96. The second-order valence-electron chi connectivity index (χ2n) is 2.93. The Morgan fingerprint density at radius 1 is 1.56 bits per heavy atom. The molecule has 1 aromatic rings. The largest absolute Gasteiger partial charge is 0.507 e. The molecule has 4 nitrogen and oxygen atoms in total. The number of phenolic OH excluding ortho intramolecular Hbond substituents is 1. The highest BCUT2D eigenvalue weighted by Gasteiger charge is 2.17. The van der Waals surface area contributed by atoms with Crippen molar-refractivity contribution in [3.8, 4) is 11.5 Å². The van der Waals surface area contributed by atoms with E-state index in [1.807, 2.05) is 0 Å². The summed E-state index contributed by atoms with van der Waals surface area (Å²) < 4.78 is 29.8. The van der Waals surface area contributed by atoms with Crippen molar-refractivity contribution in [2.24, 2.45) is 4.99 Å². The molecule has 16 heavy (non-hydrogen) atoms. The van der Waals surface area contributed by atoms with Crippen molar-refractivity contribution < 1.29 is 23.4 Å². The molecule has 1 rings (SSSR count). The maximum atomic E-state index is 12.5. The Balaban J connectivity index is 3.24. The van der Waals surface area contributed by atoms with Crippen LogP contribution >= 0.6 is 0 Å². The van der Waals surface area contributed by atoms with Gasteiger partial charge in [-0.3, -0.25) is 0 Å². The fourth-order valence-corrected chi connectivity index (χ4v) is 1.21. The summed E-state index contributed by atoms with van der Waals surface area (Å²) in [7, 11) is 1.31. The van der Waals surface area contributed by atoms with Gasteiger partial charge in [0.1, 0.15) is 11.5 Å². The summed E-state index contributed by atoms with van der Waals surface area (Å²) in [5.74, 6) is -0.404. The normalized spacial score (nSPS) is 10.0. The lowest BCUT2D eigenvalue weighted by molar-refractivity contribution is 0.147. The molecule has 0 amide bonds. The van der Waals surface area contributed by atoms with E-state index in [1.54, 1.807) is 0 Å². The van der Waals surface area contributed by atoms with E-state index in [9.17, 15) is 18.7 Å². The van der Waals surface area contributed by atoms with Crippen LogP contribution in [0.3, 0.4) is 0 Å². The Bertz CT molecular complexity index is 428. The van der Waals surface area contributed by atoms with Crippen LogP contribution in [-0.2, 0) is 11.3 Å². The predicted molar refractivity (Wildman–Crippen MR) is 51.4 cm³/mol. The summed E-state index contributed by atoms with van der Waals surface area (Å²) in [5, 5.41) is 9.48. The van der Waals surface area contributed by atoms with Crippen LogP contribution in [0.1, 0.15) is 17.6 Å². The molecule has 6 heteroatoms. The average Bonchev–Trinajstić information content (AvgIpc) is 2.27. The number of benzene rings is 1. The molecule has 86 valence electrons. The van der Waals surface area contributed by atoms with Gasteiger partial charge in [-0.15, -0.1) is 0 Å². The van der Waals surface area contributed by atoms with Crippen LogP contribution in [0.25, 0.3) is 0 Å².